The Bertz CT molecular complexity index is 489. The molecule has 7 heteroatoms. The molecule has 0 spiro atoms. The molecule has 0 atom stereocenters. The molecule has 1 aromatic rings. The van der Waals surface area contributed by atoms with Gasteiger partial charge < -0.3 is 20.5 Å². The van der Waals surface area contributed by atoms with Gasteiger partial charge in [0.1, 0.15) is 0 Å². The third-order valence-corrected chi connectivity index (χ3v) is 2.98. The van der Waals surface area contributed by atoms with Crippen LogP contribution in [0.15, 0.2) is 16.6 Å². The number of hydrogen-bond acceptors (Lipinski definition) is 4. The van der Waals surface area contributed by atoms with Crippen molar-refractivity contribution < 1.29 is 14.3 Å². The zero-order chi connectivity index (χ0) is 13.3. The number of nitrogens with one attached hydrogen (secondary N) is 1. The second-order valence-corrected chi connectivity index (χ2v) is 5.72. The van der Waals surface area contributed by atoms with Gasteiger partial charge >= 0.3 is 0 Å². The van der Waals surface area contributed by atoms with E-state index in [2.05, 4.69) is 21.2 Å². The van der Waals surface area contributed by atoms with E-state index in [1.54, 1.807) is 12.1 Å². The molecule has 1 aliphatic rings. The Morgan fingerprint density at radius 1 is 1.47 bits per heavy atom. The first kappa shape index (κ1) is 16.1. The molecule has 0 radical (unpaired) electrons. The van der Waals surface area contributed by atoms with Gasteiger partial charge in [-0.3, -0.25) is 4.79 Å². The molecule has 0 fully saturated rings. The predicted molar refractivity (Wildman–Crippen MR) is 78.1 cm³/mol. The molecule has 1 amide bonds. The molecular formula is C12H16BrClN2O3. The van der Waals surface area contributed by atoms with Crippen LogP contribution in [0.4, 0.5) is 0 Å². The van der Waals surface area contributed by atoms with Crippen molar-refractivity contribution >= 4 is 34.2 Å². The number of rotatable bonds is 3. The minimum absolute atomic E-state index is 0. The van der Waals surface area contributed by atoms with Crippen LogP contribution in [0.1, 0.15) is 24.2 Å². The zero-order valence-electron chi connectivity index (χ0n) is 10.7. The smallest absolute Gasteiger partial charge is 0.251 e. The van der Waals surface area contributed by atoms with E-state index in [0.717, 1.165) is 0 Å². The molecule has 0 saturated carbocycles. The Kier molecular flexibility index (Phi) is 5.06. The van der Waals surface area contributed by atoms with Gasteiger partial charge in [-0.2, -0.15) is 0 Å². The minimum Gasteiger partial charge on any atom is -0.454 e. The topological polar surface area (TPSA) is 73.6 Å². The van der Waals surface area contributed by atoms with Crippen LogP contribution in [-0.2, 0) is 0 Å². The molecule has 2 rings (SSSR count). The van der Waals surface area contributed by atoms with Crippen LogP contribution in [0, 0.1) is 0 Å². The summed E-state index contributed by atoms with van der Waals surface area (Å²) in [5.74, 6) is 1.01. The SMILES string of the molecule is CC(C)(N)CNC(=O)c1cc(Br)c2c(c1)OCO2.Cl. The van der Waals surface area contributed by atoms with Gasteiger partial charge in [0.25, 0.3) is 5.91 Å². The molecule has 1 aromatic carbocycles. The first-order valence-corrected chi connectivity index (χ1v) is 6.32. The Balaban J connectivity index is 0.00000180. The second-order valence-electron chi connectivity index (χ2n) is 4.86. The van der Waals surface area contributed by atoms with E-state index in [1.165, 1.54) is 0 Å². The van der Waals surface area contributed by atoms with E-state index in [4.69, 9.17) is 15.2 Å². The standard InChI is InChI=1S/C12H15BrN2O3.ClH/c1-12(2,14)5-15-11(16)7-3-8(13)10-9(4-7)17-6-18-10;/h3-4H,5-6,14H2,1-2H3,(H,15,16);1H. The summed E-state index contributed by atoms with van der Waals surface area (Å²) in [6.45, 7) is 4.28. The van der Waals surface area contributed by atoms with Crippen molar-refractivity contribution in [2.75, 3.05) is 13.3 Å². The van der Waals surface area contributed by atoms with Crippen LogP contribution in [0.3, 0.4) is 0 Å². The number of fused-ring (bicyclic) bond motifs is 1. The molecule has 3 N–H and O–H groups in total. The lowest BCUT2D eigenvalue weighted by atomic mass is 10.1. The number of nitrogens with two attached hydrogens (primary N) is 1. The maximum Gasteiger partial charge on any atom is 0.251 e. The maximum absolute atomic E-state index is 12.0. The van der Waals surface area contributed by atoms with E-state index < -0.39 is 5.54 Å². The van der Waals surface area contributed by atoms with Gasteiger partial charge in [-0.1, -0.05) is 0 Å². The van der Waals surface area contributed by atoms with Crippen molar-refractivity contribution in [1.82, 2.24) is 5.32 Å². The molecule has 0 unspecified atom stereocenters. The van der Waals surface area contributed by atoms with Gasteiger partial charge in [0.05, 0.1) is 4.47 Å². The van der Waals surface area contributed by atoms with Gasteiger partial charge in [0.2, 0.25) is 6.79 Å². The number of amides is 1. The molecule has 19 heavy (non-hydrogen) atoms. The monoisotopic (exact) mass is 350 g/mol. The normalized spacial score (nSPS) is 12.8. The summed E-state index contributed by atoms with van der Waals surface area (Å²) in [5.41, 5.74) is 5.88. The number of halogens is 2. The van der Waals surface area contributed by atoms with Gasteiger partial charge in [-0.25, -0.2) is 0 Å². The highest BCUT2D eigenvalue weighted by Gasteiger charge is 2.21. The lowest BCUT2D eigenvalue weighted by Gasteiger charge is -2.19. The molecule has 1 aliphatic heterocycles. The lowest BCUT2D eigenvalue weighted by molar-refractivity contribution is 0.0945. The zero-order valence-corrected chi connectivity index (χ0v) is 13.1. The van der Waals surface area contributed by atoms with Crippen LogP contribution in [-0.4, -0.2) is 24.8 Å². The molecular weight excluding hydrogens is 336 g/mol. The second kappa shape index (κ2) is 5.98. The molecule has 0 bridgehead atoms. The molecule has 0 aromatic heterocycles. The van der Waals surface area contributed by atoms with Crippen LogP contribution >= 0.6 is 28.3 Å². The number of carbonyl (C=O) groups excluding carboxylic acids is 1. The lowest BCUT2D eigenvalue weighted by Crippen LogP contribution is -2.45. The average Bonchev–Trinajstić information content (AvgIpc) is 2.73. The predicted octanol–water partition coefficient (Wildman–Crippen LogP) is 2.07. The molecule has 0 aliphatic carbocycles. The fourth-order valence-corrected chi connectivity index (χ4v) is 2.07. The summed E-state index contributed by atoms with van der Waals surface area (Å²) >= 11 is 3.35. The van der Waals surface area contributed by atoms with E-state index in [-0.39, 0.29) is 25.1 Å². The average molecular weight is 352 g/mol. The van der Waals surface area contributed by atoms with Crippen LogP contribution in [0.5, 0.6) is 11.5 Å². The summed E-state index contributed by atoms with van der Waals surface area (Å²) in [4.78, 5) is 12.0. The molecule has 0 saturated heterocycles. The van der Waals surface area contributed by atoms with Crippen LogP contribution in [0.2, 0.25) is 0 Å². The number of benzene rings is 1. The first-order chi connectivity index (χ1) is 8.37. The van der Waals surface area contributed by atoms with Gasteiger partial charge in [-0.15, -0.1) is 12.4 Å². The highest BCUT2D eigenvalue weighted by molar-refractivity contribution is 9.10. The molecule has 106 valence electrons. The summed E-state index contributed by atoms with van der Waals surface area (Å²) in [6.07, 6.45) is 0. The van der Waals surface area contributed by atoms with Crippen molar-refractivity contribution in [3.05, 3.63) is 22.2 Å². The Hall–Kier alpha value is -0.980. The summed E-state index contributed by atoms with van der Waals surface area (Å²) in [5, 5.41) is 2.78. The highest BCUT2D eigenvalue weighted by Crippen LogP contribution is 2.39. The van der Waals surface area contributed by atoms with Gasteiger partial charge in [0.15, 0.2) is 11.5 Å². The van der Waals surface area contributed by atoms with Crippen molar-refractivity contribution in [2.24, 2.45) is 5.73 Å². The largest absolute Gasteiger partial charge is 0.454 e. The van der Waals surface area contributed by atoms with Crippen molar-refractivity contribution in [3.8, 4) is 11.5 Å². The van der Waals surface area contributed by atoms with Gasteiger partial charge in [0, 0.05) is 17.6 Å². The fraction of sp³-hybridized carbons (Fsp3) is 0.417. The Morgan fingerprint density at radius 2 is 2.16 bits per heavy atom. The first-order valence-electron chi connectivity index (χ1n) is 5.53. The number of ether oxygens (including phenoxy) is 2. The van der Waals surface area contributed by atoms with Crippen LogP contribution in [0.25, 0.3) is 0 Å². The van der Waals surface area contributed by atoms with E-state index in [9.17, 15) is 4.79 Å². The Morgan fingerprint density at radius 3 is 2.79 bits per heavy atom. The number of hydrogen-bond donors (Lipinski definition) is 2. The molecule has 1 heterocycles. The highest BCUT2D eigenvalue weighted by atomic mass is 79.9. The minimum atomic E-state index is -0.441. The summed E-state index contributed by atoms with van der Waals surface area (Å²) in [6, 6.07) is 3.36. The quantitative estimate of drug-likeness (QED) is 0.874. The van der Waals surface area contributed by atoms with Gasteiger partial charge in [-0.05, 0) is 41.9 Å². The van der Waals surface area contributed by atoms with E-state index >= 15 is 0 Å². The third-order valence-electron chi connectivity index (χ3n) is 2.39. The fourth-order valence-electron chi connectivity index (χ4n) is 1.51. The summed E-state index contributed by atoms with van der Waals surface area (Å²) in [7, 11) is 0. The van der Waals surface area contributed by atoms with Crippen molar-refractivity contribution in [3.63, 3.8) is 0 Å². The van der Waals surface area contributed by atoms with E-state index in [0.29, 0.717) is 28.1 Å². The number of carbonyl (C=O) groups is 1. The van der Waals surface area contributed by atoms with Crippen LogP contribution < -0.4 is 20.5 Å². The third kappa shape index (κ3) is 3.99. The molecule has 5 nitrogen and oxygen atoms in total. The van der Waals surface area contributed by atoms with E-state index in [1.807, 2.05) is 13.8 Å². The van der Waals surface area contributed by atoms with Crippen molar-refractivity contribution in [2.45, 2.75) is 19.4 Å². The maximum atomic E-state index is 12.0. The summed E-state index contributed by atoms with van der Waals surface area (Å²) < 4.78 is 11.2. The van der Waals surface area contributed by atoms with Crippen molar-refractivity contribution in [1.29, 1.82) is 0 Å². The Labute approximate surface area is 126 Å².